The van der Waals surface area contributed by atoms with E-state index in [9.17, 15) is 9.59 Å². The maximum Gasteiger partial charge on any atom is 0.411 e. The molecule has 0 bridgehead atoms. The molecule has 150 valence electrons. The molecule has 0 heterocycles. The van der Waals surface area contributed by atoms with Gasteiger partial charge in [0.15, 0.2) is 0 Å². The Hall–Kier alpha value is -3.06. The van der Waals surface area contributed by atoms with Gasteiger partial charge < -0.3 is 20.3 Å². The van der Waals surface area contributed by atoms with Gasteiger partial charge in [-0.2, -0.15) is 0 Å². The maximum atomic E-state index is 12.2. The first kappa shape index (κ1) is 21.2. The summed E-state index contributed by atoms with van der Waals surface area (Å²) in [5.41, 5.74) is 3.92. The van der Waals surface area contributed by atoms with E-state index in [1.54, 1.807) is 12.1 Å². The molecule has 0 spiro atoms. The number of nitrogens with zero attached hydrogens (tertiary/aromatic N) is 1. The van der Waals surface area contributed by atoms with Crippen LogP contribution in [0.5, 0.6) is 0 Å². The first-order valence-corrected chi connectivity index (χ1v) is 9.07. The number of urea groups is 1. The van der Waals surface area contributed by atoms with Gasteiger partial charge in [0.2, 0.25) is 0 Å². The lowest BCUT2D eigenvalue weighted by molar-refractivity contribution is 0.187. The fourth-order valence-corrected chi connectivity index (χ4v) is 2.70. The van der Waals surface area contributed by atoms with Gasteiger partial charge in [0, 0.05) is 18.8 Å². The monoisotopic (exact) mass is 384 g/mol. The van der Waals surface area contributed by atoms with Gasteiger partial charge >= 0.3 is 12.1 Å². The molecule has 0 radical (unpaired) electrons. The van der Waals surface area contributed by atoms with Gasteiger partial charge in [0.1, 0.15) is 0 Å². The summed E-state index contributed by atoms with van der Waals surface area (Å²) >= 11 is 0. The highest BCUT2D eigenvalue weighted by atomic mass is 16.5. The summed E-state index contributed by atoms with van der Waals surface area (Å²) in [5, 5.41) is 8.35. The van der Waals surface area contributed by atoms with Crippen molar-refractivity contribution in [1.29, 1.82) is 0 Å². The minimum absolute atomic E-state index is 0.0926. The molecule has 3 N–H and O–H groups in total. The first-order valence-electron chi connectivity index (χ1n) is 9.07. The van der Waals surface area contributed by atoms with Crippen LogP contribution < -0.4 is 16.0 Å². The van der Waals surface area contributed by atoms with E-state index in [-0.39, 0.29) is 12.1 Å². The fourth-order valence-electron chi connectivity index (χ4n) is 2.70. The quantitative estimate of drug-likeness (QED) is 0.684. The Balaban J connectivity index is 1.82. The zero-order chi connectivity index (χ0) is 20.5. The maximum absolute atomic E-state index is 12.2. The van der Waals surface area contributed by atoms with Crippen LogP contribution in [0.25, 0.3) is 0 Å². The number of benzene rings is 2. The summed E-state index contributed by atoms with van der Waals surface area (Å²) in [7, 11) is 5.30. The molecule has 1 atom stereocenters. The largest absolute Gasteiger partial charge is 0.453 e. The van der Waals surface area contributed by atoms with E-state index in [0.717, 1.165) is 11.1 Å². The second-order valence-corrected chi connectivity index (χ2v) is 6.77. The van der Waals surface area contributed by atoms with Gasteiger partial charge in [-0.15, -0.1) is 0 Å². The second-order valence-electron chi connectivity index (χ2n) is 6.77. The number of aryl methyl sites for hydroxylation is 1. The van der Waals surface area contributed by atoms with Crippen molar-refractivity contribution in [1.82, 2.24) is 15.5 Å². The van der Waals surface area contributed by atoms with Crippen LogP contribution in [0.15, 0.2) is 48.5 Å². The summed E-state index contributed by atoms with van der Waals surface area (Å²) in [6.07, 6.45) is -0.519. The highest BCUT2D eigenvalue weighted by molar-refractivity contribution is 5.84. The summed E-state index contributed by atoms with van der Waals surface area (Å²) in [5.74, 6) is 0. The molecule has 0 aliphatic rings. The highest BCUT2D eigenvalue weighted by Crippen LogP contribution is 2.17. The summed E-state index contributed by atoms with van der Waals surface area (Å²) in [6.45, 7) is 2.95. The van der Waals surface area contributed by atoms with Crippen LogP contribution in [0.2, 0.25) is 0 Å². The number of amides is 3. The van der Waals surface area contributed by atoms with Crippen LogP contribution in [-0.2, 0) is 11.3 Å². The van der Waals surface area contributed by atoms with Crippen molar-refractivity contribution < 1.29 is 14.3 Å². The third-order valence-corrected chi connectivity index (χ3v) is 4.38. The summed E-state index contributed by atoms with van der Waals surface area (Å²) in [6, 6.07) is 15.4. The molecular formula is C21H28N4O3. The van der Waals surface area contributed by atoms with Crippen LogP contribution in [0.3, 0.4) is 0 Å². The third kappa shape index (κ3) is 6.59. The molecule has 0 aromatic heterocycles. The van der Waals surface area contributed by atoms with E-state index >= 15 is 0 Å². The molecule has 0 fully saturated rings. The number of anilines is 1. The van der Waals surface area contributed by atoms with Gasteiger partial charge in [-0.25, -0.2) is 9.59 Å². The molecule has 2 aromatic carbocycles. The number of hydrogen-bond acceptors (Lipinski definition) is 4. The minimum atomic E-state index is -0.519. The number of likely N-dealkylation sites (N-methyl/N-ethyl adjacent to an activating group) is 1. The standard InChI is InChI=1S/C21H28N4O3/c1-15-5-9-17(10-6-15)19(25(2)3)14-23-20(26)22-13-16-7-11-18(12-8-16)24-21(27)28-4/h5-12,19H,13-14H2,1-4H3,(H,24,27)(H2,22,23,26). The molecule has 0 saturated carbocycles. The van der Waals surface area contributed by atoms with Crippen molar-refractivity contribution in [2.24, 2.45) is 0 Å². The fraction of sp³-hybridized carbons (Fsp3) is 0.333. The highest BCUT2D eigenvalue weighted by Gasteiger charge is 2.15. The molecule has 3 amide bonds. The van der Waals surface area contributed by atoms with Gasteiger partial charge in [0.05, 0.1) is 13.2 Å². The second kappa shape index (κ2) is 10.3. The average molecular weight is 384 g/mol. The van der Waals surface area contributed by atoms with Crippen molar-refractivity contribution in [3.63, 3.8) is 0 Å². The van der Waals surface area contributed by atoms with Crippen LogP contribution >= 0.6 is 0 Å². The average Bonchev–Trinajstić information content (AvgIpc) is 2.68. The lowest BCUT2D eigenvalue weighted by atomic mass is 10.0. The lowest BCUT2D eigenvalue weighted by Gasteiger charge is -2.25. The first-order chi connectivity index (χ1) is 13.4. The van der Waals surface area contributed by atoms with Crippen LogP contribution in [0.1, 0.15) is 22.7 Å². The molecule has 7 heteroatoms. The van der Waals surface area contributed by atoms with Gasteiger partial charge in [-0.3, -0.25) is 5.32 Å². The van der Waals surface area contributed by atoms with Crippen molar-refractivity contribution >= 4 is 17.8 Å². The van der Waals surface area contributed by atoms with Crippen molar-refractivity contribution in [2.75, 3.05) is 33.1 Å². The molecule has 7 nitrogen and oxygen atoms in total. The Morgan fingerprint density at radius 3 is 2.21 bits per heavy atom. The van der Waals surface area contributed by atoms with E-state index < -0.39 is 6.09 Å². The molecule has 2 rings (SSSR count). The number of carbonyl (C=O) groups is 2. The van der Waals surface area contributed by atoms with Crippen LogP contribution in [0.4, 0.5) is 15.3 Å². The third-order valence-electron chi connectivity index (χ3n) is 4.38. The van der Waals surface area contributed by atoms with E-state index in [4.69, 9.17) is 0 Å². The number of ether oxygens (including phenoxy) is 1. The molecule has 0 aliphatic heterocycles. The van der Waals surface area contributed by atoms with Gasteiger partial charge in [-0.05, 0) is 44.3 Å². The predicted octanol–water partition coefficient (Wildman–Crippen LogP) is 3.28. The Bertz CT molecular complexity index is 773. The predicted molar refractivity (Wildman–Crippen MR) is 110 cm³/mol. The molecule has 2 aromatic rings. The van der Waals surface area contributed by atoms with Crippen molar-refractivity contribution in [3.8, 4) is 0 Å². The molecular weight excluding hydrogens is 356 g/mol. The SMILES string of the molecule is COC(=O)Nc1ccc(CNC(=O)NCC(c2ccc(C)cc2)N(C)C)cc1. The number of carbonyl (C=O) groups excluding carboxylic acids is 2. The molecule has 0 saturated heterocycles. The smallest absolute Gasteiger partial charge is 0.411 e. The zero-order valence-corrected chi connectivity index (χ0v) is 16.8. The van der Waals surface area contributed by atoms with Crippen molar-refractivity contribution in [3.05, 3.63) is 65.2 Å². The summed E-state index contributed by atoms with van der Waals surface area (Å²) < 4.78 is 4.55. The molecule has 1 unspecified atom stereocenters. The Kier molecular flexibility index (Phi) is 7.83. The Morgan fingerprint density at radius 1 is 1.00 bits per heavy atom. The number of methoxy groups -OCH3 is 1. The van der Waals surface area contributed by atoms with Crippen molar-refractivity contribution in [2.45, 2.75) is 19.5 Å². The Labute approximate surface area is 166 Å². The topological polar surface area (TPSA) is 82.7 Å². The number of nitrogens with one attached hydrogen (secondary N) is 3. The lowest BCUT2D eigenvalue weighted by Crippen LogP contribution is -2.40. The van der Waals surface area contributed by atoms with Crippen LogP contribution in [-0.4, -0.2) is 44.8 Å². The number of hydrogen-bond donors (Lipinski definition) is 3. The zero-order valence-electron chi connectivity index (χ0n) is 16.8. The van der Waals surface area contributed by atoms with Gasteiger partial charge in [-0.1, -0.05) is 42.0 Å². The number of rotatable bonds is 7. The van der Waals surface area contributed by atoms with Gasteiger partial charge in [0.25, 0.3) is 0 Å². The van der Waals surface area contributed by atoms with E-state index in [1.165, 1.54) is 12.7 Å². The molecule has 0 aliphatic carbocycles. The van der Waals surface area contributed by atoms with E-state index in [1.807, 2.05) is 26.2 Å². The Morgan fingerprint density at radius 2 is 1.64 bits per heavy atom. The summed E-state index contributed by atoms with van der Waals surface area (Å²) in [4.78, 5) is 25.4. The van der Waals surface area contributed by atoms with Crippen LogP contribution in [0, 0.1) is 6.92 Å². The molecule has 28 heavy (non-hydrogen) atoms. The minimum Gasteiger partial charge on any atom is -0.453 e. The van der Waals surface area contributed by atoms with E-state index in [0.29, 0.717) is 18.8 Å². The van der Waals surface area contributed by atoms with E-state index in [2.05, 4.69) is 56.8 Å². The normalized spacial score (nSPS) is 11.6.